The van der Waals surface area contributed by atoms with E-state index in [-0.39, 0.29) is 0 Å². The maximum Gasteiger partial charge on any atom is 0.113 e. The number of nitrogen functional groups attached to an aromatic ring is 1. The normalized spacial score (nSPS) is 10.1. The Balaban J connectivity index is 2.14. The van der Waals surface area contributed by atoms with Gasteiger partial charge in [-0.1, -0.05) is 43.4 Å². The van der Waals surface area contributed by atoms with Crippen molar-refractivity contribution in [2.75, 3.05) is 11.1 Å². The van der Waals surface area contributed by atoms with E-state index >= 15 is 0 Å². The van der Waals surface area contributed by atoms with Gasteiger partial charge < -0.3 is 11.1 Å². The summed E-state index contributed by atoms with van der Waals surface area (Å²) in [6.07, 6.45) is 1.04. The second-order valence-electron chi connectivity index (χ2n) is 4.09. The van der Waals surface area contributed by atoms with Crippen molar-refractivity contribution in [3.63, 3.8) is 0 Å². The Morgan fingerprint density at radius 3 is 2.39 bits per heavy atom. The molecule has 0 bridgehead atoms. The van der Waals surface area contributed by atoms with E-state index < -0.39 is 0 Å². The standard InChI is InChI=1S/C15H16N2S/c1-2-11-7-9-12(10-8-11)17-15(18)13-5-3-4-6-14(13)16/h3-10H,2,16H2,1H3,(H,17,18). The number of para-hydroxylation sites is 1. The molecule has 0 heterocycles. The topological polar surface area (TPSA) is 38.0 Å². The number of benzene rings is 2. The fourth-order valence-corrected chi connectivity index (χ4v) is 2.03. The van der Waals surface area contributed by atoms with Crippen molar-refractivity contribution < 1.29 is 0 Å². The minimum Gasteiger partial charge on any atom is -0.398 e. The van der Waals surface area contributed by atoms with Crippen molar-refractivity contribution in [2.24, 2.45) is 0 Å². The van der Waals surface area contributed by atoms with Gasteiger partial charge in [-0.05, 0) is 36.2 Å². The summed E-state index contributed by atoms with van der Waals surface area (Å²) in [5.41, 5.74) is 9.75. The van der Waals surface area contributed by atoms with Crippen LogP contribution in [0.15, 0.2) is 48.5 Å². The number of thiocarbonyl (C=S) groups is 1. The summed E-state index contributed by atoms with van der Waals surface area (Å²) in [5, 5.41) is 3.20. The molecule has 3 heteroatoms. The van der Waals surface area contributed by atoms with Crippen molar-refractivity contribution >= 4 is 28.6 Å². The fraction of sp³-hybridized carbons (Fsp3) is 0.133. The van der Waals surface area contributed by atoms with Crippen LogP contribution in [0.5, 0.6) is 0 Å². The third-order valence-corrected chi connectivity index (χ3v) is 3.15. The molecule has 0 radical (unpaired) electrons. The highest BCUT2D eigenvalue weighted by atomic mass is 32.1. The van der Waals surface area contributed by atoms with E-state index in [9.17, 15) is 0 Å². The lowest BCUT2D eigenvalue weighted by atomic mass is 10.1. The molecular weight excluding hydrogens is 240 g/mol. The van der Waals surface area contributed by atoms with Gasteiger partial charge in [-0.15, -0.1) is 0 Å². The van der Waals surface area contributed by atoms with Gasteiger partial charge in [-0.3, -0.25) is 0 Å². The molecule has 0 amide bonds. The quantitative estimate of drug-likeness (QED) is 0.650. The summed E-state index contributed by atoms with van der Waals surface area (Å²) in [5.74, 6) is 0. The largest absolute Gasteiger partial charge is 0.398 e. The van der Waals surface area contributed by atoms with E-state index in [1.807, 2.05) is 36.4 Å². The van der Waals surface area contributed by atoms with Crippen LogP contribution in [0.25, 0.3) is 0 Å². The van der Waals surface area contributed by atoms with Crippen LogP contribution in [-0.4, -0.2) is 4.99 Å². The smallest absolute Gasteiger partial charge is 0.113 e. The van der Waals surface area contributed by atoms with Crippen molar-refractivity contribution in [1.82, 2.24) is 0 Å². The predicted octanol–water partition coefficient (Wildman–Crippen LogP) is 3.62. The van der Waals surface area contributed by atoms with Crippen LogP contribution in [0, 0.1) is 0 Å². The Hall–Kier alpha value is -1.87. The van der Waals surface area contributed by atoms with Crippen LogP contribution >= 0.6 is 12.2 Å². The SMILES string of the molecule is CCc1ccc(NC(=S)c2ccccc2N)cc1. The fourth-order valence-electron chi connectivity index (χ4n) is 1.73. The summed E-state index contributed by atoms with van der Waals surface area (Å²) in [6.45, 7) is 2.14. The van der Waals surface area contributed by atoms with Crippen LogP contribution in [0.1, 0.15) is 18.1 Å². The van der Waals surface area contributed by atoms with Gasteiger partial charge in [0, 0.05) is 16.9 Å². The molecule has 0 spiro atoms. The lowest BCUT2D eigenvalue weighted by Crippen LogP contribution is -2.12. The molecule has 92 valence electrons. The Morgan fingerprint density at radius 1 is 1.11 bits per heavy atom. The van der Waals surface area contributed by atoms with Gasteiger partial charge in [0.25, 0.3) is 0 Å². The molecule has 0 saturated carbocycles. The highest BCUT2D eigenvalue weighted by Crippen LogP contribution is 2.16. The first kappa shape index (κ1) is 12.6. The Morgan fingerprint density at radius 2 is 1.78 bits per heavy atom. The Bertz CT molecular complexity index is 547. The van der Waals surface area contributed by atoms with Gasteiger partial charge in [0.15, 0.2) is 0 Å². The summed E-state index contributed by atoms with van der Waals surface area (Å²) in [6, 6.07) is 15.9. The van der Waals surface area contributed by atoms with Crippen LogP contribution < -0.4 is 11.1 Å². The number of nitrogens with two attached hydrogens (primary N) is 1. The average Bonchev–Trinajstić information content (AvgIpc) is 2.40. The first-order valence-corrected chi connectivity index (χ1v) is 6.36. The number of hydrogen-bond donors (Lipinski definition) is 2. The van der Waals surface area contributed by atoms with Crippen molar-refractivity contribution in [3.8, 4) is 0 Å². The van der Waals surface area contributed by atoms with Crippen molar-refractivity contribution in [1.29, 1.82) is 0 Å². The number of aryl methyl sites for hydroxylation is 1. The Labute approximate surface area is 113 Å². The predicted molar refractivity (Wildman–Crippen MR) is 82.0 cm³/mol. The summed E-state index contributed by atoms with van der Waals surface area (Å²) < 4.78 is 0. The lowest BCUT2D eigenvalue weighted by Gasteiger charge is -2.10. The second-order valence-corrected chi connectivity index (χ2v) is 4.50. The zero-order chi connectivity index (χ0) is 13.0. The average molecular weight is 256 g/mol. The summed E-state index contributed by atoms with van der Waals surface area (Å²) >= 11 is 5.36. The number of rotatable bonds is 3. The van der Waals surface area contributed by atoms with E-state index in [1.165, 1.54) is 5.56 Å². The molecular formula is C15H16N2S. The minimum absolute atomic E-state index is 0.650. The first-order valence-electron chi connectivity index (χ1n) is 5.95. The minimum atomic E-state index is 0.650. The van der Waals surface area contributed by atoms with Crippen LogP contribution in [0.4, 0.5) is 11.4 Å². The zero-order valence-corrected chi connectivity index (χ0v) is 11.1. The van der Waals surface area contributed by atoms with Crippen LogP contribution in [0.2, 0.25) is 0 Å². The zero-order valence-electron chi connectivity index (χ0n) is 10.3. The van der Waals surface area contributed by atoms with E-state index in [1.54, 1.807) is 0 Å². The van der Waals surface area contributed by atoms with Gasteiger partial charge in [-0.2, -0.15) is 0 Å². The monoisotopic (exact) mass is 256 g/mol. The number of hydrogen-bond acceptors (Lipinski definition) is 2. The molecule has 3 N–H and O–H groups in total. The van der Waals surface area contributed by atoms with Gasteiger partial charge >= 0.3 is 0 Å². The van der Waals surface area contributed by atoms with Crippen LogP contribution in [0.3, 0.4) is 0 Å². The molecule has 2 rings (SSSR count). The van der Waals surface area contributed by atoms with Crippen molar-refractivity contribution in [2.45, 2.75) is 13.3 Å². The molecule has 18 heavy (non-hydrogen) atoms. The van der Waals surface area contributed by atoms with E-state index in [0.29, 0.717) is 10.7 Å². The van der Waals surface area contributed by atoms with Gasteiger partial charge in [0.05, 0.1) is 0 Å². The van der Waals surface area contributed by atoms with Crippen LogP contribution in [-0.2, 0) is 6.42 Å². The molecule has 0 aliphatic rings. The molecule has 0 aliphatic heterocycles. The molecule has 0 aromatic heterocycles. The molecule has 2 nitrogen and oxygen atoms in total. The first-order chi connectivity index (χ1) is 8.70. The van der Waals surface area contributed by atoms with E-state index in [4.69, 9.17) is 18.0 Å². The van der Waals surface area contributed by atoms with E-state index in [2.05, 4.69) is 24.4 Å². The second kappa shape index (κ2) is 5.65. The highest BCUT2D eigenvalue weighted by molar-refractivity contribution is 7.81. The number of anilines is 2. The maximum atomic E-state index is 5.89. The molecule has 0 fully saturated rings. The van der Waals surface area contributed by atoms with Gasteiger partial charge in [-0.25, -0.2) is 0 Å². The Kier molecular flexibility index (Phi) is 3.95. The van der Waals surface area contributed by atoms with Gasteiger partial charge in [0.1, 0.15) is 4.99 Å². The summed E-state index contributed by atoms with van der Waals surface area (Å²) in [7, 11) is 0. The molecule has 0 aliphatic carbocycles. The molecule has 0 saturated heterocycles. The molecule has 2 aromatic carbocycles. The summed E-state index contributed by atoms with van der Waals surface area (Å²) in [4.78, 5) is 0.650. The maximum absolute atomic E-state index is 5.89. The van der Waals surface area contributed by atoms with E-state index in [0.717, 1.165) is 17.7 Å². The lowest BCUT2D eigenvalue weighted by molar-refractivity contribution is 1.14. The molecule has 0 unspecified atom stereocenters. The number of nitrogens with one attached hydrogen (secondary N) is 1. The third-order valence-electron chi connectivity index (χ3n) is 2.83. The molecule has 2 aromatic rings. The molecule has 0 atom stereocenters. The van der Waals surface area contributed by atoms with Gasteiger partial charge in [0.2, 0.25) is 0 Å². The third kappa shape index (κ3) is 2.87. The van der Waals surface area contributed by atoms with Crippen molar-refractivity contribution in [3.05, 3.63) is 59.7 Å². The highest BCUT2D eigenvalue weighted by Gasteiger charge is 2.04.